The fraction of sp³-hybridized carbons (Fsp3) is 0.533. The zero-order valence-corrected chi connectivity index (χ0v) is 10.7. The first-order valence-corrected chi connectivity index (χ1v) is 6.72. The molecule has 0 bridgehead atoms. The van der Waals surface area contributed by atoms with Gasteiger partial charge in [0.15, 0.2) is 0 Å². The zero-order valence-electron chi connectivity index (χ0n) is 10.7. The van der Waals surface area contributed by atoms with Crippen LogP contribution in [0.4, 0.5) is 8.78 Å². The van der Waals surface area contributed by atoms with Crippen molar-refractivity contribution < 1.29 is 13.6 Å². The first-order valence-electron chi connectivity index (χ1n) is 6.72. The minimum atomic E-state index is -2.60. The van der Waals surface area contributed by atoms with Crippen LogP contribution in [0.3, 0.4) is 0 Å². The van der Waals surface area contributed by atoms with Gasteiger partial charge in [-0.25, -0.2) is 8.78 Å². The van der Waals surface area contributed by atoms with Crippen molar-refractivity contribution in [3.05, 3.63) is 35.9 Å². The lowest BCUT2D eigenvalue weighted by Gasteiger charge is -2.17. The molecule has 2 saturated carbocycles. The highest BCUT2D eigenvalue weighted by atomic mass is 19.3. The first kappa shape index (κ1) is 12.6. The van der Waals surface area contributed by atoms with Gasteiger partial charge in [0.2, 0.25) is 5.91 Å². The summed E-state index contributed by atoms with van der Waals surface area (Å²) in [6, 6.07) is 9.95. The number of nitrogens with one attached hydrogen (secondary N) is 1. The van der Waals surface area contributed by atoms with Gasteiger partial charge in [0.25, 0.3) is 5.92 Å². The van der Waals surface area contributed by atoms with Crippen molar-refractivity contribution in [3.63, 3.8) is 0 Å². The monoisotopic (exact) mass is 265 g/mol. The number of alkyl halides is 2. The van der Waals surface area contributed by atoms with Crippen LogP contribution in [0.5, 0.6) is 0 Å². The average Bonchev–Trinajstić information content (AvgIpc) is 3.21. The maximum absolute atomic E-state index is 12.8. The Bertz CT molecular complexity index is 482. The molecule has 1 amide bonds. The lowest BCUT2D eigenvalue weighted by atomic mass is 10.0. The van der Waals surface area contributed by atoms with Crippen molar-refractivity contribution in [1.29, 1.82) is 0 Å². The Morgan fingerprint density at radius 3 is 2.42 bits per heavy atom. The lowest BCUT2D eigenvalue weighted by Crippen LogP contribution is -2.38. The van der Waals surface area contributed by atoms with E-state index in [-0.39, 0.29) is 24.3 Å². The molecule has 1 aromatic carbocycles. The number of carbonyl (C=O) groups excluding carboxylic acids is 1. The van der Waals surface area contributed by atoms with Gasteiger partial charge in [0, 0.05) is 24.3 Å². The smallest absolute Gasteiger partial charge is 0.252 e. The summed E-state index contributed by atoms with van der Waals surface area (Å²) in [6.07, 6.45) is 2.50. The molecule has 3 rings (SSSR count). The molecule has 1 atom stereocenters. The van der Waals surface area contributed by atoms with E-state index < -0.39 is 11.8 Å². The molecule has 0 heterocycles. The van der Waals surface area contributed by atoms with Crippen LogP contribution in [-0.4, -0.2) is 17.4 Å². The minimum Gasteiger partial charge on any atom is -0.350 e. The molecule has 1 unspecified atom stereocenters. The van der Waals surface area contributed by atoms with Gasteiger partial charge in [-0.2, -0.15) is 0 Å². The van der Waals surface area contributed by atoms with E-state index in [2.05, 4.69) is 5.32 Å². The average molecular weight is 265 g/mol. The van der Waals surface area contributed by atoms with Crippen molar-refractivity contribution in [1.82, 2.24) is 5.32 Å². The first-order chi connectivity index (χ1) is 8.99. The Hall–Kier alpha value is -1.45. The summed E-state index contributed by atoms with van der Waals surface area (Å²) in [5.41, 5.74) is 1.000. The summed E-state index contributed by atoms with van der Waals surface area (Å²) in [5.74, 6) is -3.57. The van der Waals surface area contributed by atoms with Crippen LogP contribution in [0, 0.1) is 5.92 Å². The highest BCUT2D eigenvalue weighted by molar-refractivity contribution is 5.78. The van der Waals surface area contributed by atoms with Crippen LogP contribution in [0.15, 0.2) is 30.3 Å². The van der Waals surface area contributed by atoms with Crippen molar-refractivity contribution in [3.8, 4) is 0 Å². The molecule has 0 radical (unpaired) electrons. The molecular weight excluding hydrogens is 248 g/mol. The zero-order chi connectivity index (χ0) is 13.5. The Morgan fingerprint density at radius 2 is 1.89 bits per heavy atom. The highest BCUT2D eigenvalue weighted by Crippen LogP contribution is 2.50. The van der Waals surface area contributed by atoms with E-state index in [1.54, 1.807) is 0 Å². The van der Waals surface area contributed by atoms with Crippen molar-refractivity contribution in [2.24, 2.45) is 5.92 Å². The minimum absolute atomic E-state index is 0.0382. The third-order valence-corrected chi connectivity index (χ3v) is 4.03. The second-order valence-electron chi connectivity index (χ2n) is 5.86. The van der Waals surface area contributed by atoms with Gasteiger partial charge < -0.3 is 5.32 Å². The largest absolute Gasteiger partial charge is 0.350 e. The molecular formula is C15H17F2NO. The molecule has 2 aliphatic carbocycles. The number of benzene rings is 1. The topological polar surface area (TPSA) is 29.1 Å². The molecule has 4 heteroatoms. The quantitative estimate of drug-likeness (QED) is 0.871. The predicted octanol–water partition coefficient (Wildman–Crippen LogP) is 2.92. The van der Waals surface area contributed by atoms with E-state index in [1.807, 2.05) is 30.3 Å². The van der Waals surface area contributed by atoms with Crippen molar-refractivity contribution in [2.75, 3.05) is 0 Å². The molecule has 0 saturated heterocycles. The van der Waals surface area contributed by atoms with Gasteiger partial charge in [-0.05, 0) is 24.8 Å². The predicted molar refractivity (Wildman–Crippen MR) is 67.9 cm³/mol. The van der Waals surface area contributed by atoms with Gasteiger partial charge in [-0.1, -0.05) is 30.3 Å². The number of carbonyl (C=O) groups is 1. The molecule has 0 aromatic heterocycles. The van der Waals surface area contributed by atoms with Gasteiger partial charge >= 0.3 is 0 Å². The van der Waals surface area contributed by atoms with Crippen LogP contribution < -0.4 is 5.32 Å². The summed E-state index contributed by atoms with van der Waals surface area (Å²) in [6.45, 7) is 0. The molecule has 0 spiro atoms. The Morgan fingerprint density at radius 1 is 1.26 bits per heavy atom. The molecule has 102 valence electrons. The maximum atomic E-state index is 12.8. The molecule has 1 N–H and O–H groups in total. The van der Waals surface area contributed by atoms with E-state index in [9.17, 15) is 13.6 Å². The van der Waals surface area contributed by atoms with E-state index >= 15 is 0 Å². The standard InChI is InChI=1S/C15H17F2NO/c16-15(17)10-12(15)8-13(19)18-14(6-7-14)9-11-4-2-1-3-5-11/h1-5,12H,6-10H2,(H,18,19). The van der Waals surface area contributed by atoms with Crippen LogP contribution in [0.25, 0.3) is 0 Å². The highest BCUT2D eigenvalue weighted by Gasteiger charge is 2.57. The SMILES string of the molecule is O=C(CC1CC1(F)F)NC1(Cc2ccccc2)CC1. The number of hydrogen-bond donors (Lipinski definition) is 1. The van der Waals surface area contributed by atoms with E-state index in [0.29, 0.717) is 0 Å². The molecule has 2 nitrogen and oxygen atoms in total. The van der Waals surface area contributed by atoms with Gasteiger partial charge in [-0.3, -0.25) is 4.79 Å². The molecule has 2 fully saturated rings. The number of amides is 1. The van der Waals surface area contributed by atoms with Crippen molar-refractivity contribution >= 4 is 5.91 Å². The van der Waals surface area contributed by atoms with Crippen LogP contribution in [0.2, 0.25) is 0 Å². The fourth-order valence-corrected chi connectivity index (χ4v) is 2.55. The lowest BCUT2D eigenvalue weighted by molar-refractivity contribution is -0.123. The summed E-state index contributed by atoms with van der Waals surface area (Å²) < 4.78 is 25.5. The third kappa shape index (κ3) is 2.94. The molecule has 19 heavy (non-hydrogen) atoms. The summed E-state index contributed by atoms with van der Waals surface area (Å²) in [5, 5.41) is 2.95. The number of halogens is 2. The van der Waals surface area contributed by atoms with Crippen LogP contribution in [-0.2, 0) is 11.2 Å². The van der Waals surface area contributed by atoms with E-state index in [1.165, 1.54) is 5.56 Å². The van der Waals surface area contributed by atoms with E-state index in [0.717, 1.165) is 19.3 Å². The molecule has 1 aromatic rings. The van der Waals surface area contributed by atoms with Gasteiger partial charge in [-0.15, -0.1) is 0 Å². The summed E-state index contributed by atoms with van der Waals surface area (Å²) >= 11 is 0. The summed E-state index contributed by atoms with van der Waals surface area (Å²) in [4.78, 5) is 11.8. The maximum Gasteiger partial charge on any atom is 0.252 e. The van der Waals surface area contributed by atoms with Crippen molar-refractivity contribution in [2.45, 2.75) is 43.6 Å². The summed E-state index contributed by atoms with van der Waals surface area (Å²) in [7, 11) is 0. The second-order valence-corrected chi connectivity index (χ2v) is 5.86. The third-order valence-electron chi connectivity index (χ3n) is 4.03. The van der Waals surface area contributed by atoms with Crippen LogP contribution in [0.1, 0.15) is 31.2 Å². The normalized spacial score (nSPS) is 25.7. The van der Waals surface area contributed by atoms with Gasteiger partial charge in [0.1, 0.15) is 0 Å². The molecule has 2 aliphatic rings. The Labute approximate surface area is 111 Å². The Kier molecular flexibility index (Phi) is 2.84. The number of hydrogen-bond acceptors (Lipinski definition) is 1. The van der Waals surface area contributed by atoms with E-state index in [4.69, 9.17) is 0 Å². The number of rotatable bonds is 5. The Balaban J connectivity index is 1.53. The second kappa shape index (κ2) is 4.29. The van der Waals surface area contributed by atoms with Gasteiger partial charge in [0.05, 0.1) is 0 Å². The van der Waals surface area contributed by atoms with Crippen LogP contribution >= 0.6 is 0 Å². The molecule has 0 aliphatic heterocycles. The fourth-order valence-electron chi connectivity index (χ4n) is 2.55.